The van der Waals surface area contributed by atoms with Gasteiger partial charge >= 0.3 is 0 Å². The predicted octanol–water partition coefficient (Wildman–Crippen LogP) is 3.51. The molecule has 12 heavy (non-hydrogen) atoms. The van der Waals surface area contributed by atoms with Gasteiger partial charge in [0.15, 0.2) is 0 Å². The molecule has 0 spiro atoms. The van der Waals surface area contributed by atoms with Crippen LogP contribution in [0.5, 0.6) is 0 Å². The fourth-order valence-electron chi connectivity index (χ4n) is 2.22. The van der Waals surface area contributed by atoms with Gasteiger partial charge in [-0.25, -0.2) is 0 Å². The monoisotopic (exact) mass is 165 g/mol. The van der Waals surface area contributed by atoms with Crippen LogP contribution in [0.4, 0.5) is 0 Å². The lowest BCUT2D eigenvalue weighted by Crippen LogP contribution is -2.37. The molecule has 0 saturated heterocycles. The zero-order chi connectivity index (χ0) is 9.24. The molecule has 1 unspecified atom stereocenters. The first-order valence-electron chi connectivity index (χ1n) is 4.89. The van der Waals surface area contributed by atoms with Crippen LogP contribution in [0.25, 0.3) is 0 Å². The third-order valence-corrected chi connectivity index (χ3v) is 3.88. The van der Waals surface area contributed by atoms with E-state index in [-0.39, 0.29) is 5.41 Å². The van der Waals surface area contributed by atoms with Crippen molar-refractivity contribution in [3.63, 3.8) is 0 Å². The molecule has 0 amide bonds. The highest BCUT2D eigenvalue weighted by Gasteiger charge is 2.42. The van der Waals surface area contributed by atoms with Crippen LogP contribution in [0, 0.1) is 22.2 Å². The number of nitrogens with zero attached hydrogens (tertiary/aromatic N) is 1. The quantitative estimate of drug-likeness (QED) is 0.583. The van der Waals surface area contributed by atoms with E-state index >= 15 is 0 Å². The van der Waals surface area contributed by atoms with Crippen LogP contribution in [0.3, 0.4) is 0 Å². The van der Waals surface area contributed by atoms with Crippen molar-refractivity contribution in [1.82, 2.24) is 0 Å². The smallest absolute Gasteiger partial charge is 0.0627 e. The lowest BCUT2D eigenvalue weighted by molar-refractivity contribution is 0.0378. The van der Waals surface area contributed by atoms with Gasteiger partial charge in [-0.05, 0) is 23.7 Å². The Morgan fingerprint density at radius 3 is 2.25 bits per heavy atom. The molecule has 0 bridgehead atoms. The minimum Gasteiger partial charge on any atom is -0.198 e. The standard InChI is InChI=1S/C11H19N/c1-10(2)6-4-5-7-11(10,3)8-9-12/h4-8H2,1-3H3. The molecule has 0 radical (unpaired) electrons. The SMILES string of the molecule is CC1(C)CCCCC1(C)CC#N. The van der Waals surface area contributed by atoms with E-state index in [1.165, 1.54) is 25.7 Å². The Kier molecular flexibility index (Phi) is 2.46. The largest absolute Gasteiger partial charge is 0.198 e. The van der Waals surface area contributed by atoms with Crippen LogP contribution >= 0.6 is 0 Å². The maximum Gasteiger partial charge on any atom is 0.0627 e. The van der Waals surface area contributed by atoms with Gasteiger partial charge < -0.3 is 0 Å². The molecule has 0 aromatic carbocycles. The maximum absolute atomic E-state index is 8.77. The van der Waals surface area contributed by atoms with Crippen LogP contribution in [-0.4, -0.2) is 0 Å². The number of hydrogen-bond donors (Lipinski definition) is 0. The maximum atomic E-state index is 8.77. The highest BCUT2D eigenvalue weighted by Crippen LogP contribution is 2.51. The summed E-state index contributed by atoms with van der Waals surface area (Å²) in [4.78, 5) is 0. The summed E-state index contributed by atoms with van der Waals surface area (Å²) in [6, 6.07) is 2.33. The summed E-state index contributed by atoms with van der Waals surface area (Å²) in [7, 11) is 0. The summed E-state index contributed by atoms with van der Waals surface area (Å²) >= 11 is 0. The summed E-state index contributed by atoms with van der Waals surface area (Å²) in [6.45, 7) is 6.89. The molecular formula is C11H19N. The Morgan fingerprint density at radius 2 is 1.75 bits per heavy atom. The van der Waals surface area contributed by atoms with Crippen molar-refractivity contribution < 1.29 is 0 Å². The Hall–Kier alpha value is -0.510. The second kappa shape index (κ2) is 3.09. The number of nitriles is 1. The van der Waals surface area contributed by atoms with E-state index in [9.17, 15) is 0 Å². The zero-order valence-corrected chi connectivity index (χ0v) is 8.48. The van der Waals surface area contributed by atoms with E-state index in [4.69, 9.17) is 5.26 Å². The zero-order valence-electron chi connectivity index (χ0n) is 8.48. The van der Waals surface area contributed by atoms with Crippen LogP contribution in [0.1, 0.15) is 52.9 Å². The van der Waals surface area contributed by atoms with Gasteiger partial charge in [0, 0.05) is 6.42 Å². The van der Waals surface area contributed by atoms with Crippen LogP contribution in [-0.2, 0) is 0 Å². The summed E-state index contributed by atoms with van der Waals surface area (Å²) < 4.78 is 0. The van der Waals surface area contributed by atoms with Gasteiger partial charge in [0.2, 0.25) is 0 Å². The number of hydrogen-bond acceptors (Lipinski definition) is 1. The van der Waals surface area contributed by atoms with E-state index in [0.29, 0.717) is 5.41 Å². The summed E-state index contributed by atoms with van der Waals surface area (Å²) in [6.07, 6.45) is 5.88. The summed E-state index contributed by atoms with van der Waals surface area (Å²) in [5, 5.41) is 8.77. The Labute approximate surface area is 75.8 Å². The minimum atomic E-state index is 0.264. The molecule has 0 heterocycles. The van der Waals surface area contributed by atoms with E-state index < -0.39 is 0 Å². The molecule has 1 nitrogen and oxygen atoms in total. The molecule has 0 N–H and O–H groups in total. The van der Waals surface area contributed by atoms with Gasteiger partial charge in [-0.1, -0.05) is 33.6 Å². The molecule has 1 aliphatic carbocycles. The van der Waals surface area contributed by atoms with Crippen LogP contribution < -0.4 is 0 Å². The molecule has 1 rings (SSSR count). The molecule has 1 heteroatoms. The van der Waals surface area contributed by atoms with E-state index in [1.807, 2.05) is 0 Å². The Morgan fingerprint density at radius 1 is 1.17 bits per heavy atom. The molecule has 0 aromatic rings. The fraction of sp³-hybridized carbons (Fsp3) is 0.909. The second-order valence-electron chi connectivity index (χ2n) is 4.99. The van der Waals surface area contributed by atoms with Crippen molar-refractivity contribution in [2.75, 3.05) is 0 Å². The molecule has 1 aliphatic rings. The van der Waals surface area contributed by atoms with Crippen molar-refractivity contribution in [2.45, 2.75) is 52.9 Å². The van der Waals surface area contributed by atoms with Crippen molar-refractivity contribution in [1.29, 1.82) is 5.26 Å². The van der Waals surface area contributed by atoms with Gasteiger partial charge in [-0.2, -0.15) is 5.26 Å². The molecule has 0 aliphatic heterocycles. The molecule has 1 fully saturated rings. The van der Waals surface area contributed by atoms with Gasteiger partial charge in [-0.3, -0.25) is 0 Å². The lowest BCUT2D eigenvalue weighted by Gasteiger charge is -2.47. The van der Waals surface area contributed by atoms with Crippen molar-refractivity contribution in [3.8, 4) is 6.07 Å². The first-order valence-corrected chi connectivity index (χ1v) is 4.89. The molecule has 68 valence electrons. The predicted molar refractivity (Wildman–Crippen MR) is 50.6 cm³/mol. The average Bonchev–Trinajstić information content (AvgIpc) is 1.96. The third-order valence-electron chi connectivity index (χ3n) is 3.88. The first kappa shape index (κ1) is 9.58. The molecule has 0 aromatic heterocycles. The average molecular weight is 165 g/mol. The second-order valence-corrected chi connectivity index (χ2v) is 4.99. The Bertz CT molecular complexity index is 200. The lowest BCUT2D eigenvalue weighted by atomic mass is 9.57. The van der Waals surface area contributed by atoms with Gasteiger partial charge in [0.25, 0.3) is 0 Å². The molecule has 1 atom stereocenters. The van der Waals surface area contributed by atoms with Gasteiger partial charge in [-0.15, -0.1) is 0 Å². The van der Waals surface area contributed by atoms with Gasteiger partial charge in [0.1, 0.15) is 0 Å². The van der Waals surface area contributed by atoms with Gasteiger partial charge in [0.05, 0.1) is 6.07 Å². The van der Waals surface area contributed by atoms with E-state index in [0.717, 1.165) is 6.42 Å². The minimum absolute atomic E-state index is 0.264. The van der Waals surface area contributed by atoms with Crippen LogP contribution in [0.15, 0.2) is 0 Å². The topological polar surface area (TPSA) is 23.8 Å². The first-order chi connectivity index (χ1) is 5.52. The van der Waals surface area contributed by atoms with Crippen molar-refractivity contribution in [3.05, 3.63) is 0 Å². The molecule has 1 saturated carbocycles. The Balaban J connectivity index is 2.78. The van der Waals surface area contributed by atoms with Crippen molar-refractivity contribution in [2.24, 2.45) is 10.8 Å². The van der Waals surface area contributed by atoms with Crippen molar-refractivity contribution >= 4 is 0 Å². The summed E-state index contributed by atoms with van der Waals surface area (Å²) in [5.74, 6) is 0. The van der Waals surface area contributed by atoms with E-state index in [1.54, 1.807) is 0 Å². The fourth-order valence-corrected chi connectivity index (χ4v) is 2.22. The van der Waals surface area contributed by atoms with Crippen LogP contribution in [0.2, 0.25) is 0 Å². The highest BCUT2D eigenvalue weighted by atomic mass is 14.5. The summed E-state index contributed by atoms with van der Waals surface area (Å²) in [5.41, 5.74) is 0.626. The normalized spacial score (nSPS) is 34.2. The molecular weight excluding hydrogens is 146 g/mol. The highest BCUT2D eigenvalue weighted by molar-refractivity contribution is 4.97. The third kappa shape index (κ3) is 1.48. The van der Waals surface area contributed by atoms with E-state index in [2.05, 4.69) is 26.8 Å². The number of rotatable bonds is 1.